The molecular weight excluding hydrogens is 318 g/mol. The average Bonchev–Trinajstić information content (AvgIpc) is 3.13. The van der Waals surface area contributed by atoms with Gasteiger partial charge in [-0.3, -0.25) is 4.90 Å². The van der Waals surface area contributed by atoms with Gasteiger partial charge in [0.15, 0.2) is 0 Å². The fourth-order valence-corrected chi connectivity index (χ4v) is 3.06. The molecule has 7 heteroatoms. The minimum Gasteiger partial charge on any atom is -0.390 e. The number of hydrogen-bond donors (Lipinski definition) is 3. The molecule has 0 radical (unpaired) electrons. The van der Waals surface area contributed by atoms with Gasteiger partial charge in [-0.1, -0.05) is 24.3 Å². The number of urea groups is 1. The quantitative estimate of drug-likeness (QED) is 0.688. The molecule has 1 aromatic heterocycles. The Labute approximate surface area is 147 Å². The number of imidazole rings is 1. The fourth-order valence-electron chi connectivity index (χ4n) is 3.06. The van der Waals surface area contributed by atoms with Gasteiger partial charge in [0, 0.05) is 51.7 Å². The third-order valence-electron chi connectivity index (χ3n) is 4.39. The maximum Gasteiger partial charge on any atom is 0.314 e. The first-order valence-corrected chi connectivity index (χ1v) is 8.65. The second kappa shape index (κ2) is 8.64. The van der Waals surface area contributed by atoms with E-state index in [-0.39, 0.29) is 12.6 Å². The number of aliphatic hydroxyl groups excluding tert-OH is 1. The standard InChI is InChI=1S/C18H25N5O2/c24-17(11-21-18(25)20-7-10-22-9-6-19-14-22)13-23-8-5-15-3-1-2-4-16(15)12-23/h1-4,6,9,14,17,24H,5,7-8,10-13H2,(H2,20,21,25)/t17-/m0/s1. The summed E-state index contributed by atoms with van der Waals surface area (Å²) >= 11 is 0. The lowest BCUT2D eigenvalue weighted by Crippen LogP contribution is -2.45. The Morgan fingerprint density at radius 1 is 1.28 bits per heavy atom. The SMILES string of the molecule is O=C(NCCn1ccnc1)NC[C@H](O)CN1CCc2ccccc2C1. The highest BCUT2D eigenvalue weighted by molar-refractivity contribution is 5.73. The largest absolute Gasteiger partial charge is 0.390 e. The molecule has 2 amide bonds. The molecule has 3 N–H and O–H groups in total. The molecule has 7 nitrogen and oxygen atoms in total. The molecule has 0 fully saturated rings. The number of aromatic nitrogens is 2. The van der Waals surface area contributed by atoms with Gasteiger partial charge in [-0.15, -0.1) is 0 Å². The third kappa shape index (κ3) is 5.30. The number of rotatable bonds is 7. The Kier molecular flexibility index (Phi) is 6.03. The molecule has 0 unspecified atom stereocenters. The first-order valence-electron chi connectivity index (χ1n) is 8.65. The average molecular weight is 343 g/mol. The van der Waals surface area contributed by atoms with E-state index in [0.717, 1.165) is 19.5 Å². The first kappa shape index (κ1) is 17.4. The van der Waals surface area contributed by atoms with Gasteiger partial charge in [0.2, 0.25) is 0 Å². The van der Waals surface area contributed by atoms with Crippen LogP contribution in [0.5, 0.6) is 0 Å². The summed E-state index contributed by atoms with van der Waals surface area (Å²) in [6.07, 6.45) is 5.69. The van der Waals surface area contributed by atoms with E-state index in [0.29, 0.717) is 19.6 Å². The minimum atomic E-state index is -0.579. The lowest BCUT2D eigenvalue weighted by atomic mass is 10.00. The first-order chi connectivity index (χ1) is 12.2. The lowest BCUT2D eigenvalue weighted by Gasteiger charge is -2.30. The summed E-state index contributed by atoms with van der Waals surface area (Å²) in [5.74, 6) is 0. The van der Waals surface area contributed by atoms with Crippen LogP contribution in [-0.4, -0.2) is 57.9 Å². The summed E-state index contributed by atoms with van der Waals surface area (Å²) in [6.45, 7) is 3.78. The molecule has 0 saturated heterocycles. The molecule has 2 aromatic rings. The number of carbonyl (C=O) groups excluding carboxylic acids is 1. The smallest absolute Gasteiger partial charge is 0.314 e. The molecule has 3 rings (SSSR count). The van der Waals surface area contributed by atoms with Gasteiger partial charge in [0.05, 0.1) is 12.4 Å². The van der Waals surface area contributed by atoms with Crippen LogP contribution in [0.1, 0.15) is 11.1 Å². The monoisotopic (exact) mass is 343 g/mol. The second-order valence-electron chi connectivity index (χ2n) is 6.34. The van der Waals surface area contributed by atoms with Gasteiger partial charge in [-0.2, -0.15) is 0 Å². The number of nitrogens with zero attached hydrogens (tertiary/aromatic N) is 3. The van der Waals surface area contributed by atoms with Crippen molar-refractivity contribution >= 4 is 6.03 Å². The van der Waals surface area contributed by atoms with Gasteiger partial charge in [-0.25, -0.2) is 9.78 Å². The molecule has 1 aliphatic heterocycles. The zero-order chi connectivity index (χ0) is 17.5. The van der Waals surface area contributed by atoms with Crippen LogP contribution >= 0.6 is 0 Å². The van der Waals surface area contributed by atoms with Gasteiger partial charge in [-0.05, 0) is 17.5 Å². The van der Waals surface area contributed by atoms with Gasteiger partial charge < -0.3 is 20.3 Å². The maximum atomic E-state index is 11.8. The Balaban J connectivity index is 1.32. The van der Waals surface area contributed by atoms with E-state index in [1.807, 2.05) is 10.8 Å². The van der Waals surface area contributed by atoms with E-state index >= 15 is 0 Å². The topological polar surface area (TPSA) is 82.4 Å². The molecule has 1 aliphatic rings. The number of carbonyl (C=O) groups is 1. The highest BCUT2D eigenvalue weighted by Gasteiger charge is 2.18. The minimum absolute atomic E-state index is 0.245. The molecule has 1 aromatic carbocycles. The van der Waals surface area contributed by atoms with Crippen molar-refractivity contribution in [2.24, 2.45) is 0 Å². The number of amides is 2. The van der Waals surface area contributed by atoms with Crippen molar-refractivity contribution in [3.8, 4) is 0 Å². The molecule has 2 heterocycles. The second-order valence-corrected chi connectivity index (χ2v) is 6.34. The van der Waals surface area contributed by atoms with E-state index in [4.69, 9.17) is 0 Å². The van der Waals surface area contributed by atoms with Crippen LogP contribution in [0.25, 0.3) is 0 Å². The molecular formula is C18H25N5O2. The van der Waals surface area contributed by atoms with Crippen molar-refractivity contribution in [1.29, 1.82) is 0 Å². The van der Waals surface area contributed by atoms with E-state index < -0.39 is 6.10 Å². The molecule has 1 atom stereocenters. The Hall–Kier alpha value is -2.38. The van der Waals surface area contributed by atoms with Gasteiger partial charge in [0.25, 0.3) is 0 Å². The lowest BCUT2D eigenvalue weighted by molar-refractivity contribution is 0.105. The Morgan fingerprint density at radius 3 is 2.92 bits per heavy atom. The molecule has 134 valence electrons. The summed E-state index contributed by atoms with van der Waals surface area (Å²) < 4.78 is 1.89. The number of benzene rings is 1. The predicted octanol–water partition coefficient (Wildman–Crippen LogP) is 0.602. The van der Waals surface area contributed by atoms with Crippen LogP contribution in [0, 0.1) is 0 Å². The van der Waals surface area contributed by atoms with E-state index in [1.54, 1.807) is 12.5 Å². The van der Waals surface area contributed by atoms with Crippen LogP contribution in [0.2, 0.25) is 0 Å². The number of hydrogen-bond acceptors (Lipinski definition) is 4. The predicted molar refractivity (Wildman–Crippen MR) is 95.1 cm³/mol. The van der Waals surface area contributed by atoms with Gasteiger partial charge in [0.1, 0.15) is 0 Å². The van der Waals surface area contributed by atoms with Crippen LogP contribution < -0.4 is 10.6 Å². The van der Waals surface area contributed by atoms with Crippen molar-refractivity contribution in [3.63, 3.8) is 0 Å². The molecule has 0 saturated carbocycles. The van der Waals surface area contributed by atoms with Gasteiger partial charge >= 0.3 is 6.03 Å². The van der Waals surface area contributed by atoms with Crippen LogP contribution in [0.3, 0.4) is 0 Å². The summed E-state index contributed by atoms with van der Waals surface area (Å²) in [6, 6.07) is 8.16. The summed E-state index contributed by atoms with van der Waals surface area (Å²) in [5, 5.41) is 15.7. The summed E-state index contributed by atoms with van der Waals surface area (Å²) in [4.78, 5) is 17.9. The number of aliphatic hydroxyl groups is 1. The van der Waals surface area contributed by atoms with Crippen molar-refractivity contribution < 1.29 is 9.90 Å². The zero-order valence-corrected chi connectivity index (χ0v) is 14.3. The van der Waals surface area contributed by atoms with Crippen LogP contribution in [0.15, 0.2) is 43.0 Å². The number of fused-ring (bicyclic) bond motifs is 1. The van der Waals surface area contributed by atoms with Crippen molar-refractivity contribution in [3.05, 3.63) is 54.1 Å². The Bertz CT molecular complexity index is 674. The fraction of sp³-hybridized carbons (Fsp3) is 0.444. The van der Waals surface area contributed by atoms with E-state index in [9.17, 15) is 9.90 Å². The van der Waals surface area contributed by atoms with Crippen molar-refractivity contribution in [2.45, 2.75) is 25.6 Å². The third-order valence-corrected chi connectivity index (χ3v) is 4.39. The molecule has 0 bridgehead atoms. The normalized spacial score (nSPS) is 15.4. The van der Waals surface area contributed by atoms with Crippen molar-refractivity contribution in [1.82, 2.24) is 25.1 Å². The van der Waals surface area contributed by atoms with Crippen LogP contribution in [0.4, 0.5) is 4.79 Å². The van der Waals surface area contributed by atoms with Crippen molar-refractivity contribution in [2.75, 3.05) is 26.2 Å². The van der Waals surface area contributed by atoms with E-state index in [1.165, 1.54) is 11.1 Å². The molecule has 0 aliphatic carbocycles. The number of nitrogens with one attached hydrogen (secondary N) is 2. The number of β-amino-alcohol motifs (C(OH)–C–C–N with tert-alkyl or cyclic N) is 1. The highest BCUT2D eigenvalue weighted by atomic mass is 16.3. The Morgan fingerprint density at radius 2 is 2.12 bits per heavy atom. The highest BCUT2D eigenvalue weighted by Crippen LogP contribution is 2.18. The zero-order valence-electron chi connectivity index (χ0n) is 14.3. The molecule has 0 spiro atoms. The maximum absolute atomic E-state index is 11.8. The summed E-state index contributed by atoms with van der Waals surface area (Å²) in [5.41, 5.74) is 2.72. The van der Waals surface area contributed by atoms with Crippen LogP contribution in [-0.2, 0) is 19.5 Å². The van der Waals surface area contributed by atoms with E-state index in [2.05, 4.69) is 44.8 Å². The summed E-state index contributed by atoms with van der Waals surface area (Å²) in [7, 11) is 0. The molecule has 25 heavy (non-hydrogen) atoms.